The zero-order chi connectivity index (χ0) is 23.5. The average molecular weight is 442 g/mol. The molecular formula is C26H22N2O5. The minimum Gasteiger partial charge on any atom is -0.462 e. The Morgan fingerprint density at radius 3 is 2.09 bits per heavy atom. The lowest BCUT2D eigenvalue weighted by atomic mass is 10.1. The van der Waals surface area contributed by atoms with Crippen LogP contribution < -0.4 is 10.2 Å². The van der Waals surface area contributed by atoms with Gasteiger partial charge in [-0.1, -0.05) is 32.0 Å². The highest BCUT2D eigenvalue weighted by Crippen LogP contribution is 2.29. The van der Waals surface area contributed by atoms with Crippen molar-refractivity contribution in [2.24, 2.45) is 5.92 Å². The molecule has 7 heteroatoms. The molecule has 7 nitrogen and oxygen atoms in total. The number of nitrogens with zero attached hydrogens (tertiary/aromatic N) is 1. The molecule has 1 heterocycles. The predicted molar refractivity (Wildman–Crippen MR) is 124 cm³/mol. The zero-order valence-electron chi connectivity index (χ0n) is 18.2. The topological polar surface area (TPSA) is 92.8 Å². The van der Waals surface area contributed by atoms with Crippen molar-refractivity contribution < 1.29 is 23.9 Å². The van der Waals surface area contributed by atoms with Crippen molar-refractivity contribution in [2.75, 3.05) is 16.8 Å². The molecule has 0 aromatic heterocycles. The van der Waals surface area contributed by atoms with Crippen molar-refractivity contribution in [2.45, 2.75) is 13.8 Å². The molecule has 0 radical (unpaired) electrons. The number of carbonyl (C=O) groups is 4. The molecule has 3 aromatic carbocycles. The molecule has 0 saturated heterocycles. The van der Waals surface area contributed by atoms with E-state index in [4.69, 9.17) is 4.74 Å². The van der Waals surface area contributed by atoms with E-state index in [2.05, 4.69) is 5.32 Å². The first kappa shape index (κ1) is 22.0. The van der Waals surface area contributed by atoms with Crippen LogP contribution in [0.2, 0.25) is 0 Å². The van der Waals surface area contributed by atoms with Gasteiger partial charge < -0.3 is 10.1 Å². The van der Waals surface area contributed by atoms with Gasteiger partial charge in [-0.3, -0.25) is 14.4 Å². The SMILES string of the molecule is CC(C)COC(=O)c1ccc(NC(=O)c2cccc(N3C(=O)c4ccccc4C3=O)c2)cc1. The maximum Gasteiger partial charge on any atom is 0.338 e. The van der Waals surface area contributed by atoms with E-state index < -0.39 is 23.7 Å². The Kier molecular flexibility index (Phi) is 6.04. The molecule has 0 spiro atoms. The van der Waals surface area contributed by atoms with Crippen molar-refractivity contribution in [3.63, 3.8) is 0 Å². The quantitative estimate of drug-likeness (QED) is 0.447. The number of nitrogens with one attached hydrogen (secondary N) is 1. The fourth-order valence-electron chi connectivity index (χ4n) is 3.43. The molecule has 0 saturated carbocycles. The lowest BCUT2D eigenvalue weighted by molar-refractivity contribution is 0.0458. The maximum absolute atomic E-state index is 12.8. The number of rotatable bonds is 6. The van der Waals surface area contributed by atoms with Gasteiger partial charge in [0.25, 0.3) is 17.7 Å². The maximum atomic E-state index is 12.8. The van der Waals surface area contributed by atoms with Crippen LogP contribution in [-0.4, -0.2) is 30.3 Å². The molecular weight excluding hydrogens is 420 g/mol. The predicted octanol–water partition coefficient (Wildman–Crippen LogP) is 4.55. The number of fused-ring (bicyclic) bond motifs is 1. The number of amides is 3. The van der Waals surface area contributed by atoms with E-state index in [-0.39, 0.29) is 11.5 Å². The summed E-state index contributed by atoms with van der Waals surface area (Å²) in [6, 6.07) is 19.3. The highest BCUT2D eigenvalue weighted by molar-refractivity contribution is 6.34. The van der Waals surface area contributed by atoms with Crippen LogP contribution in [-0.2, 0) is 4.74 Å². The largest absolute Gasteiger partial charge is 0.462 e. The van der Waals surface area contributed by atoms with Crippen molar-refractivity contribution in [1.82, 2.24) is 0 Å². The molecule has 166 valence electrons. The second kappa shape index (κ2) is 9.08. The van der Waals surface area contributed by atoms with Crippen LogP contribution >= 0.6 is 0 Å². The summed E-state index contributed by atoms with van der Waals surface area (Å²) in [6.45, 7) is 4.24. The molecule has 33 heavy (non-hydrogen) atoms. The van der Waals surface area contributed by atoms with Crippen LogP contribution in [0.25, 0.3) is 0 Å². The second-order valence-corrected chi connectivity index (χ2v) is 8.07. The Labute approximate surface area is 191 Å². The van der Waals surface area contributed by atoms with Crippen LogP contribution in [0.5, 0.6) is 0 Å². The third-order valence-corrected chi connectivity index (χ3v) is 5.09. The third kappa shape index (κ3) is 4.52. The van der Waals surface area contributed by atoms with Crippen molar-refractivity contribution in [1.29, 1.82) is 0 Å². The van der Waals surface area contributed by atoms with Crippen LogP contribution in [0.4, 0.5) is 11.4 Å². The van der Waals surface area contributed by atoms with Gasteiger partial charge in [-0.05, 0) is 60.5 Å². The summed E-state index contributed by atoms with van der Waals surface area (Å²) in [4.78, 5) is 51.3. The van der Waals surface area contributed by atoms with Gasteiger partial charge in [0.2, 0.25) is 0 Å². The van der Waals surface area contributed by atoms with Gasteiger partial charge in [-0.15, -0.1) is 0 Å². The number of benzene rings is 3. The van der Waals surface area contributed by atoms with E-state index >= 15 is 0 Å². The normalized spacial score (nSPS) is 12.6. The highest BCUT2D eigenvalue weighted by Gasteiger charge is 2.36. The van der Waals surface area contributed by atoms with Crippen LogP contribution in [0.15, 0.2) is 72.8 Å². The van der Waals surface area contributed by atoms with Gasteiger partial charge in [0.1, 0.15) is 0 Å². The molecule has 3 aromatic rings. The number of esters is 1. The van der Waals surface area contributed by atoms with E-state index in [0.29, 0.717) is 34.7 Å². The van der Waals surface area contributed by atoms with Crippen LogP contribution in [0.3, 0.4) is 0 Å². The summed E-state index contributed by atoms with van der Waals surface area (Å²) >= 11 is 0. The highest BCUT2D eigenvalue weighted by atomic mass is 16.5. The first-order chi connectivity index (χ1) is 15.8. The van der Waals surface area contributed by atoms with Crippen molar-refractivity contribution in [3.05, 3.63) is 95.1 Å². The fourth-order valence-corrected chi connectivity index (χ4v) is 3.43. The standard InChI is InChI=1S/C26H22N2O5/c1-16(2)15-33-26(32)17-10-12-19(13-11-17)27-23(29)18-6-5-7-20(14-18)28-24(30)21-8-3-4-9-22(21)25(28)31/h3-14,16H,15H2,1-2H3,(H,27,29). The molecule has 0 fully saturated rings. The Morgan fingerprint density at radius 1 is 0.848 bits per heavy atom. The number of ether oxygens (including phenoxy) is 1. The monoisotopic (exact) mass is 442 g/mol. The van der Waals surface area contributed by atoms with Gasteiger partial charge in [-0.25, -0.2) is 9.69 Å². The Hall–Kier alpha value is -4.26. The minimum absolute atomic E-state index is 0.239. The fraction of sp³-hybridized carbons (Fsp3) is 0.154. The smallest absolute Gasteiger partial charge is 0.338 e. The molecule has 1 aliphatic heterocycles. The Balaban J connectivity index is 1.47. The van der Waals surface area contributed by atoms with Crippen LogP contribution in [0, 0.1) is 5.92 Å². The molecule has 1 N–H and O–H groups in total. The summed E-state index contributed by atoms with van der Waals surface area (Å²) in [6.07, 6.45) is 0. The van der Waals surface area contributed by atoms with Gasteiger partial charge in [0.05, 0.1) is 29.0 Å². The molecule has 3 amide bonds. The van der Waals surface area contributed by atoms with Crippen LogP contribution in [0.1, 0.15) is 55.3 Å². The van der Waals surface area contributed by atoms with E-state index in [1.54, 1.807) is 66.7 Å². The summed E-state index contributed by atoms with van der Waals surface area (Å²) in [5.41, 5.74) is 2.16. The molecule has 4 rings (SSSR count). The number of carbonyl (C=O) groups excluding carboxylic acids is 4. The van der Waals surface area contributed by atoms with Crippen molar-refractivity contribution >= 4 is 35.1 Å². The summed E-state index contributed by atoms with van der Waals surface area (Å²) in [5.74, 6) is -1.44. The van der Waals surface area contributed by atoms with E-state index in [1.807, 2.05) is 13.8 Å². The van der Waals surface area contributed by atoms with Gasteiger partial charge >= 0.3 is 5.97 Å². The first-order valence-electron chi connectivity index (χ1n) is 10.5. The van der Waals surface area contributed by atoms with Gasteiger partial charge in [0.15, 0.2) is 0 Å². The molecule has 0 aliphatic carbocycles. The summed E-state index contributed by atoms with van der Waals surface area (Å²) in [5, 5.41) is 2.75. The Bertz CT molecular complexity index is 1210. The molecule has 0 unspecified atom stereocenters. The third-order valence-electron chi connectivity index (χ3n) is 5.09. The van der Waals surface area contributed by atoms with E-state index in [1.165, 1.54) is 6.07 Å². The lowest BCUT2D eigenvalue weighted by Crippen LogP contribution is -2.29. The van der Waals surface area contributed by atoms with Gasteiger partial charge in [-0.2, -0.15) is 0 Å². The number of imide groups is 1. The average Bonchev–Trinajstić information content (AvgIpc) is 3.08. The molecule has 1 aliphatic rings. The second-order valence-electron chi connectivity index (χ2n) is 8.07. The summed E-state index contributed by atoms with van der Waals surface area (Å²) < 4.78 is 5.20. The summed E-state index contributed by atoms with van der Waals surface area (Å²) in [7, 11) is 0. The lowest BCUT2D eigenvalue weighted by Gasteiger charge is -2.15. The Morgan fingerprint density at radius 2 is 1.48 bits per heavy atom. The van der Waals surface area contributed by atoms with E-state index in [0.717, 1.165) is 4.90 Å². The number of hydrogen-bond acceptors (Lipinski definition) is 5. The van der Waals surface area contributed by atoms with Gasteiger partial charge in [0, 0.05) is 11.3 Å². The van der Waals surface area contributed by atoms with Crippen molar-refractivity contribution in [3.8, 4) is 0 Å². The van der Waals surface area contributed by atoms with E-state index in [9.17, 15) is 19.2 Å². The minimum atomic E-state index is -0.423. The first-order valence-corrected chi connectivity index (χ1v) is 10.5. The number of anilines is 2. The zero-order valence-corrected chi connectivity index (χ0v) is 18.2. The molecule has 0 atom stereocenters. The number of hydrogen-bond donors (Lipinski definition) is 1. The molecule has 0 bridgehead atoms.